The van der Waals surface area contributed by atoms with Gasteiger partial charge >= 0.3 is 0 Å². The first-order valence-corrected chi connectivity index (χ1v) is 6.89. The highest BCUT2D eigenvalue weighted by Gasteiger charge is 2.20. The van der Waals surface area contributed by atoms with Gasteiger partial charge < -0.3 is 0 Å². The Morgan fingerprint density at radius 1 is 1.41 bits per heavy atom. The molecular weight excluding hydrogens is 276 g/mol. The Labute approximate surface area is 127 Å². The maximum Gasteiger partial charge on any atom is 0.277 e. The molecule has 5 heteroatoms. The van der Waals surface area contributed by atoms with Crippen LogP contribution in [0.5, 0.6) is 0 Å². The molecule has 3 aromatic rings. The van der Waals surface area contributed by atoms with Crippen LogP contribution in [0.2, 0.25) is 0 Å². The first-order valence-electron chi connectivity index (χ1n) is 6.89. The predicted molar refractivity (Wildman–Crippen MR) is 84.6 cm³/mol. The summed E-state index contributed by atoms with van der Waals surface area (Å²) in [5.74, 6) is -0.152. The molecule has 22 heavy (non-hydrogen) atoms. The number of hydrogen-bond acceptors (Lipinski definition) is 3. The van der Waals surface area contributed by atoms with Gasteiger partial charge in [0.25, 0.3) is 5.56 Å². The summed E-state index contributed by atoms with van der Waals surface area (Å²) in [6.07, 6.45) is 3.20. The van der Waals surface area contributed by atoms with E-state index < -0.39 is 0 Å². The molecule has 2 aromatic heterocycles. The highest BCUT2D eigenvalue weighted by Crippen LogP contribution is 2.26. The minimum absolute atomic E-state index is 0.152. The molecule has 108 valence electrons. The summed E-state index contributed by atoms with van der Waals surface area (Å²) in [5, 5.41) is 12.0. The van der Waals surface area contributed by atoms with E-state index >= 15 is 0 Å². The van der Waals surface area contributed by atoms with Crippen molar-refractivity contribution in [3.05, 3.63) is 70.7 Å². The molecule has 3 rings (SSSR count). The van der Waals surface area contributed by atoms with Crippen LogP contribution in [0, 0.1) is 11.3 Å². The van der Waals surface area contributed by atoms with Crippen LogP contribution in [0.1, 0.15) is 24.0 Å². The Bertz CT molecular complexity index is 944. The Morgan fingerprint density at radius 2 is 2.14 bits per heavy atom. The second-order valence-electron chi connectivity index (χ2n) is 5.03. The van der Waals surface area contributed by atoms with E-state index in [0.717, 1.165) is 5.56 Å². The summed E-state index contributed by atoms with van der Waals surface area (Å²) in [6.45, 7) is 5.68. The fourth-order valence-corrected chi connectivity index (χ4v) is 2.45. The highest BCUT2D eigenvalue weighted by molar-refractivity contribution is 5.68. The topological polar surface area (TPSA) is 73.9 Å². The molecule has 0 saturated heterocycles. The lowest BCUT2D eigenvalue weighted by Gasteiger charge is -2.12. The summed E-state index contributed by atoms with van der Waals surface area (Å²) in [7, 11) is 0. The first kappa shape index (κ1) is 13.8. The van der Waals surface area contributed by atoms with Crippen molar-refractivity contribution in [2.45, 2.75) is 12.8 Å². The van der Waals surface area contributed by atoms with Crippen LogP contribution >= 0.6 is 0 Å². The zero-order chi connectivity index (χ0) is 15.7. The predicted octanol–water partition coefficient (Wildman–Crippen LogP) is 2.85. The number of benzene rings is 1. The molecule has 0 aliphatic rings. The Kier molecular flexibility index (Phi) is 3.36. The molecule has 1 N–H and O–H groups in total. The smallest absolute Gasteiger partial charge is 0.277 e. The van der Waals surface area contributed by atoms with Gasteiger partial charge in [-0.2, -0.15) is 5.26 Å². The van der Waals surface area contributed by atoms with Crippen molar-refractivity contribution in [3.8, 4) is 17.3 Å². The number of nitriles is 1. The van der Waals surface area contributed by atoms with E-state index in [1.54, 1.807) is 6.08 Å². The Morgan fingerprint density at radius 3 is 2.77 bits per heavy atom. The maximum atomic E-state index is 12.8. The van der Waals surface area contributed by atoms with Gasteiger partial charge in [-0.1, -0.05) is 43.3 Å². The lowest BCUT2D eigenvalue weighted by Crippen LogP contribution is -2.22. The van der Waals surface area contributed by atoms with Crippen molar-refractivity contribution in [3.63, 3.8) is 0 Å². The van der Waals surface area contributed by atoms with Crippen molar-refractivity contribution in [2.75, 3.05) is 0 Å². The zero-order valence-electron chi connectivity index (χ0n) is 12.1. The van der Waals surface area contributed by atoms with Crippen molar-refractivity contribution >= 4 is 5.65 Å². The minimum Gasteiger partial charge on any atom is -0.295 e. The first-order chi connectivity index (χ1) is 10.7. The number of hydrogen-bond donors (Lipinski definition) is 1. The second-order valence-corrected chi connectivity index (χ2v) is 5.03. The van der Waals surface area contributed by atoms with E-state index in [-0.39, 0.29) is 11.5 Å². The molecule has 5 nitrogen and oxygen atoms in total. The molecule has 2 heterocycles. The number of allylic oxidation sites excluding steroid dienone is 1. The summed E-state index contributed by atoms with van der Waals surface area (Å²) in [4.78, 5) is 17.4. The molecule has 0 bridgehead atoms. The number of H-pyrrole nitrogens is 1. The quantitative estimate of drug-likeness (QED) is 0.754. The maximum absolute atomic E-state index is 12.8. The zero-order valence-corrected chi connectivity index (χ0v) is 12.1. The van der Waals surface area contributed by atoms with Crippen LogP contribution in [0.3, 0.4) is 0 Å². The van der Waals surface area contributed by atoms with Gasteiger partial charge in [-0.3, -0.25) is 9.89 Å². The summed E-state index contributed by atoms with van der Waals surface area (Å²) in [5.41, 5.74) is 2.46. The average molecular weight is 290 g/mol. The molecule has 1 unspecified atom stereocenters. The molecule has 0 fully saturated rings. The van der Waals surface area contributed by atoms with Gasteiger partial charge in [0.05, 0.1) is 11.3 Å². The molecule has 0 aliphatic carbocycles. The van der Waals surface area contributed by atoms with Crippen molar-refractivity contribution in [1.82, 2.24) is 14.6 Å². The number of aromatic nitrogens is 3. The monoisotopic (exact) mass is 290 g/mol. The van der Waals surface area contributed by atoms with Crippen LogP contribution in [-0.2, 0) is 0 Å². The van der Waals surface area contributed by atoms with Gasteiger partial charge in [0, 0.05) is 17.7 Å². The van der Waals surface area contributed by atoms with E-state index in [1.807, 2.05) is 43.3 Å². The third-order valence-electron chi connectivity index (χ3n) is 3.67. The standard InChI is InChI=1S/C17H14N4O/c1-3-11(2)14-15(12-7-5-4-6-8-12)20-16-13(9-18)10-19-21(16)17(14)22/h3-8,10-11,19H,1H2,2H3. The fraction of sp³-hybridized carbons (Fsp3) is 0.118. The fourth-order valence-electron chi connectivity index (χ4n) is 2.45. The number of aromatic amines is 1. The Balaban J connectivity index is 2.45. The molecule has 1 aromatic carbocycles. The van der Waals surface area contributed by atoms with E-state index in [1.165, 1.54) is 10.7 Å². The van der Waals surface area contributed by atoms with Crippen molar-refractivity contribution < 1.29 is 0 Å². The molecule has 0 radical (unpaired) electrons. The second kappa shape index (κ2) is 5.34. The number of fused-ring (bicyclic) bond motifs is 1. The van der Waals surface area contributed by atoms with Crippen LogP contribution in [-0.4, -0.2) is 14.6 Å². The summed E-state index contributed by atoms with van der Waals surface area (Å²) >= 11 is 0. The van der Waals surface area contributed by atoms with Crippen LogP contribution < -0.4 is 5.56 Å². The third-order valence-corrected chi connectivity index (χ3v) is 3.67. The molecule has 0 aliphatic heterocycles. The average Bonchev–Trinajstić information content (AvgIpc) is 2.98. The van der Waals surface area contributed by atoms with Gasteiger partial charge in [-0.15, -0.1) is 6.58 Å². The molecule has 0 saturated carbocycles. The van der Waals surface area contributed by atoms with Gasteiger partial charge in [-0.25, -0.2) is 9.50 Å². The lowest BCUT2D eigenvalue weighted by molar-refractivity contribution is 0.840. The van der Waals surface area contributed by atoms with Gasteiger partial charge in [0.15, 0.2) is 5.65 Å². The highest BCUT2D eigenvalue weighted by atomic mass is 16.1. The van der Waals surface area contributed by atoms with E-state index in [9.17, 15) is 4.79 Å². The van der Waals surface area contributed by atoms with Crippen LogP contribution in [0.15, 0.2) is 54.0 Å². The van der Waals surface area contributed by atoms with Gasteiger partial charge in [0.1, 0.15) is 11.6 Å². The number of nitrogens with one attached hydrogen (secondary N) is 1. The van der Waals surface area contributed by atoms with E-state index in [0.29, 0.717) is 22.5 Å². The minimum atomic E-state index is -0.210. The van der Waals surface area contributed by atoms with Crippen molar-refractivity contribution in [2.24, 2.45) is 0 Å². The molecule has 1 atom stereocenters. The summed E-state index contributed by atoms with van der Waals surface area (Å²) in [6, 6.07) is 11.5. The van der Waals surface area contributed by atoms with Gasteiger partial charge in [0.2, 0.25) is 0 Å². The van der Waals surface area contributed by atoms with Gasteiger partial charge in [-0.05, 0) is 0 Å². The Hall–Kier alpha value is -3.13. The molecular formula is C17H14N4O. The lowest BCUT2D eigenvalue weighted by atomic mass is 9.97. The summed E-state index contributed by atoms with van der Waals surface area (Å²) < 4.78 is 1.31. The van der Waals surface area contributed by atoms with Crippen LogP contribution in [0.25, 0.3) is 16.9 Å². The normalized spacial score (nSPS) is 12.0. The molecule has 0 amide bonds. The largest absolute Gasteiger partial charge is 0.295 e. The third kappa shape index (κ3) is 2.02. The molecule has 0 spiro atoms. The van der Waals surface area contributed by atoms with E-state index in [4.69, 9.17) is 5.26 Å². The number of nitrogens with zero attached hydrogens (tertiary/aromatic N) is 3. The SMILES string of the molecule is C=CC(C)c1c(-c2ccccc2)nc2c(C#N)c[nH]n2c1=O. The number of rotatable bonds is 3. The van der Waals surface area contributed by atoms with Crippen LogP contribution in [0.4, 0.5) is 0 Å². The van der Waals surface area contributed by atoms with E-state index in [2.05, 4.69) is 16.7 Å². The van der Waals surface area contributed by atoms with Crippen molar-refractivity contribution in [1.29, 1.82) is 5.26 Å².